The number of carbonyl (C=O) groups is 1. The largest absolute Gasteiger partial charge is 0.299 e. The van der Waals surface area contributed by atoms with Crippen molar-refractivity contribution in [3.8, 4) is 0 Å². The summed E-state index contributed by atoms with van der Waals surface area (Å²) in [5.74, 6) is 0.729. The lowest BCUT2D eigenvalue weighted by Gasteiger charge is -2.46. The first-order valence-corrected chi connectivity index (χ1v) is 7.05. The molecule has 2 aliphatic rings. The van der Waals surface area contributed by atoms with Crippen LogP contribution < -0.4 is 0 Å². The molecule has 0 aromatic heterocycles. The molecule has 0 bridgehead atoms. The Morgan fingerprint density at radius 1 is 1.39 bits per heavy atom. The van der Waals surface area contributed by atoms with Gasteiger partial charge in [-0.25, -0.2) is 0 Å². The number of hydrogen-bond donors (Lipinski definition) is 0. The normalized spacial score (nSPS) is 40.6. The standard InChI is InChI=1S/C16H25NO/c1-6-13-7-8-14-11(4)16(18)12(5)15(17(13)14)9-10(2)3/h6,11-15H,1-2,7-9H2,3-5H3/t11-,12?,13+,14-,15-/m1/s1. The zero-order valence-corrected chi connectivity index (χ0v) is 11.9. The van der Waals surface area contributed by atoms with Gasteiger partial charge in [-0.15, -0.1) is 13.2 Å². The molecule has 2 rings (SSSR count). The molecule has 0 N–H and O–H groups in total. The molecule has 0 radical (unpaired) electrons. The Morgan fingerprint density at radius 2 is 2.06 bits per heavy atom. The molecule has 2 heteroatoms. The molecule has 2 aliphatic heterocycles. The molecule has 0 aliphatic carbocycles. The quantitative estimate of drug-likeness (QED) is 0.714. The van der Waals surface area contributed by atoms with Gasteiger partial charge in [0.05, 0.1) is 0 Å². The van der Waals surface area contributed by atoms with Gasteiger partial charge in [-0.1, -0.05) is 25.5 Å². The molecule has 0 amide bonds. The van der Waals surface area contributed by atoms with Crippen LogP contribution in [0.25, 0.3) is 0 Å². The second kappa shape index (κ2) is 5.00. The van der Waals surface area contributed by atoms with E-state index in [1.54, 1.807) is 0 Å². The molecule has 18 heavy (non-hydrogen) atoms. The van der Waals surface area contributed by atoms with Gasteiger partial charge in [-0.2, -0.15) is 0 Å². The summed E-state index contributed by atoms with van der Waals surface area (Å²) >= 11 is 0. The molecule has 0 aromatic carbocycles. The van der Waals surface area contributed by atoms with Gasteiger partial charge in [0.2, 0.25) is 0 Å². The summed E-state index contributed by atoms with van der Waals surface area (Å²) in [5, 5.41) is 0. The van der Waals surface area contributed by atoms with Gasteiger partial charge in [0.15, 0.2) is 0 Å². The van der Waals surface area contributed by atoms with Crippen LogP contribution in [0.3, 0.4) is 0 Å². The minimum atomic E-state index is 0.119. The zero-order valence-electron chi connectivity index (χ0n) is 11.9. The predicted octanol–water partition coefficient (Wildman–Crippen LogP) is 3.20. The van der Waals surface area contributed by atoms with Crippen molar-refractivity contribution in [2.75, 3.05) is 0 Å². The lowest BCUT2D eigenvalue weighted by atomic mass is 9.77. The van der Waals surface area contributed by atoms with E-state index in [4.69, 9.17) is 0 Å². The van der Waals surface area contributed by atoms with Crippen molar-refractivity contribution in [2.45, 2.75) is 58.2 Å². The molecule has 2 fully saturated rings. The third kappa shape index (κ3) is 2.07. The van der Waals surface area contributed by atoms with E-state index >= 15 is 0 Å². The zero-order chi connectivity index (χ0) is 13.4. The number of piperidine rings is 1. The SMILES string of the molecule is C=C[C@H]1CC[C@@H]2[C@@H](C)C(=O)C(C)[C@@H](CC(=C)C)N21. The lowest BCUT2D eigenvalue weighted by Crippen LogP contribution is -2.57. The highest BCUT2D eigenvalue weighted by Gasteiger charge is 2.49. The topological polar surface area (TPSA) is 20.3 Å². The second-order valence-corrected chi connectivity index (χ2v) is 6.10. The second-order valence-electron chi connectivity index (χ2n) is 6.10. The maximum Gasteiger partial charge on any atom is 0.141 e. The van der Waals surface area contributed by atoms with E-state index in [1.165, 1.54) is 5.57 Å². The number of fused-ring (bicyclic) bond motifs is 1. The fourth-order valence-corrected chi connectivity index (χ4v) is 3.82. The number of carbonyl (C=O) groups excluding carboxylic acids is 1. The number of Topliss-reactive ketones (excluding diaryl/α,β-unsaturated/α-hetero) is 1. The van der Waals surface area contributed by atoms with Crippen LogP contribution in [0.2, 0.25) is 0 Å². The molecular weight excluding hydrogens is 222 g/mol. The van der Waals surface area contributed by atoms with Crippen molar-refractivity contribution in [2.24, 2.45) is 11.8 Å². The van der Waals surface area contributed by atoms with Gasteiger partial charge in [0.1, 0.15) is 5.78 Å². The summed E-state index contributed by atoms with van der Waals surface area (Å²) in [6, 6.07) is 1.18. The van der Waals surface area contributed by atoms with E-state index in [9.17, 15) is 4.79 Å². The molecule has 5 atom stereocenters. The highest BCUT2D eigenvalue weighted by atomic mass is 16.1. The van der Waals surface area contributed by atoms with E-state index in [0.717, 1.165) is 19.3 Å². The summed E-state index contributed by atoms with van der Waals surface area (Å²) in [7, 11) is 0. The van der Waals surface area contributed by atoms with Crippen LogP contribution in [0.15, 0.2) is 24.8 Å². The summed E-state index contributed by atoms with van der Waals surface area (Å²) in [6.45, 7) is 14.2. The van der Waals surface area contributed by atoms with Crippen molar-refractivity contribution in [1.29, 1.82) is 0 Å². The van der Waals surface area contributed by atoms with Crippen LogP contribution in [-0.4, -0.2) is 28.8 Å². The van der Waals surface area contributed by atoms with Crippen LogP contribution in [0.1, 0.15) is 40.0 Å². The third-order valence-electron chi connectivity index (χ3n) is 4.79. The Bertz CT molecular complexity index is 373. The van der Waals surface area contributed by atoms with Gasteiger partial charge in [0.25, 0.3) is 0 Å². The molecule has 100 valence electrons. The van der Waals surface area contributed by atoms with Crippen molar-refractivity contribution < 1.29 is 4.79 Å². The summed E-state index contributed by atoms with van der Waals surface area (Å²) in [6.07, 6.45) is 5.26. The Kier molecular flexibility index (Phi) is 3.76. The highest BCUT2D eigenvalue weighted by Crippen LogP contribution is 2.41. The lowest BCUT2D eigenvalue weighted by molar-refractivity contribution is -0.136. The van der Waals surface area contributed by atoms with Crippen LogP contribution in [0, 0.1) is 11.8 Å². The molecular formula is C16H25NO. The fourth-order valence-electron chi connectivity index (χ4n) is 3.82. The van der Waals surface area contributed by atoms with Gasteiger partial charge >= 0.3 is 0 Å². The third-order valence-corrected chi connectivity index (χ3v) is 4.79. The average Bonchev–Trinajstić information content (AvgIpc) is 2.75. The Morgan fingerprint density at radius 3 is 2.61 bits per heavy atom. The van der Waals surface area contributed by atoms with Crippen molar-refractivity contribution in [3.63, 3.8) is 0 Å². The highest BCUT2D eigenvalue weighted by molar-refractivity contribution is 5.85. The Hall–Kier alpha value is -0.890. The molecule has 0 saturated carbocycles. The van der Waals surface area contributed by atoms with Crippen molar-refractivity contribution in [3.05, 3.63) is 24.8 Å². The first-order chi connectivity index (χ1) is 8.47. The maximum atomic E-state index is 12.4. The van der Waals surface area contributed by atoms with Gasteiger partial charge < -0.3 is 0 Å². The Balaban J connectivity index is 2.31. The molecule has 2 nitrogen and oxygen atoms in total. The first kappa shape index (κ1) is 13.5. The van der Waals surface area contributed by atoms with Gasteiger partial charge in [-0.05, 0) is 26.2 Å². The van der Waals surface area contributed by atoms with E-state index < -0.39 is 0 Å². The van der Waals surface area contributed by atoms with Crippen LogP contribution >= 0.6 is 0 Å². The van der Waals surface area contributed by atoms with Crippen molar-refractivity contribution in [1.82, 2.24) is 4.90 Å². The first-order valence-electron chi connectivity index (χ1n) is 7.05. The summed E-state index contributed by atoms with van der Waals surface area (Å²) in [5.41, 5.74) is 1.17. The van der Waals surface area contributed by atoms with Gasteiger partial charge in [0, 0.05) is 30.0 Å². The predicted molar refractivity (Wildman–Crippen MR) is 75.4 cm³/mol. The number of nitrogens with zero attached hydrogens (tertiary/aromatic N) is 1. The fraction of sp³-hybridized carbons (Fsp3) is 0.688. The minimum Gasteiger partial charge on any atom is -0.299 e. The van der Waals surface area contributed by atoms with Crippen LogP contribution in [0.5, 0.6) is 0 Å². The van der Waals surface area contributed by atoms with Crippen LogP contribution in [-0.2, 0) is 4.79 Å². The van der Waals surface area contributed by atoms with E-state index in [1.807, 2.05) is 0 Å². The number of hydrogen-bond acceptors (Lipinski definition) is 2. The maximum absolute atomic E-state index is 12.4. The van der Waals surface area contributed by atoms with Crippen LogP contribution in [0.4, 0.5) is 0 Å². The smallest absolute Gasteiger partial charge is 0.141 e. The van der Waals surface area contributed by atoms with E-state index in [2.05, 4.69) is 44.9 Å². The summed E-state index contributed by atoms with van der Waals surface area (Å²) < 4.78 is 0. The number of rotatable bonds is 3. The van der Waals surface area contributed by atoms with E-state index in [-0.39, 0.29) is 11.8 Å². The monoisotopic (exact) mass is 247 g/mol. The van der Waals surface area contributed by atoms with Crippen molar-refractivity contribution >= 4 is 5.78 Å². The molecule has 0 spiro atoms. The average molecular weight is 247 g/mol. The summed E-state index contributed by atoms with van der Waals surface area (Å²) in [4.78, 5) is 14.9. The molecule has 0 aromatic rings. The number of ketones is 1. The minimum absolute atomic E-state index is 0.119. The Labute approximate surface area is 111 Å². The molecule has 2 heterocycles. The van der Waals surface area contributed by atoms with E-state index in [0.29, 0.717) is 23.9 Å². The molecule has 1 unspecified atom stereocenters. The molecule has 2 saturated heterocycles. The van der Waals surface area contributed by atoms with Gasteiger partial charge in [-0.3, -0.25) is 9.69 Å².